The van der Waals surface area contributed by atoms with Crippen molar-refractivity contribution in [2.24, 2.45) is 0 Å². The summed E-state index contributed by atoms with van der Waals surface area (Å²) < 4.78 is 0. The fraction of sp³-hybridized carbons (Fsp3) is 0.286. The van der Waals surface area contributed by atoms with Crippen molar-refractivity contribution < 1.29 is 9.90 Å². The highest BCUT2D eigenvalue weighted by molar-refractivity contribution is 6.38. The molecule has 1 aromatic carbocycles. The number of carbonyl (C=O) groups is 1. The molecule has 0 aliphatic carbocycles. The third kappa shape index (κ3) is 2.67. The lowest BCUT2D eigenvalue weighted by Crippen LogP contribution is -2.15. The lowest BCUT2D eigenvalue weighted by molar-refractivity contribution is 0.0699. The Kier molecular flexibility index (Phi) is 3.45. The van der Waals surface area contributed by atoms with Crippen molar-refractivity contribution in [2.45, 2.75) is 26.2 Å². The van der Waals surface area contributed by atoms with E-state index >= 15 is 0 Å². The molecule has 1 aromatic heterocycles. The van der Waals surface area contributed by atoms with Gasteiger partial charge in [-0.1, -0.05) is 44.0 Å². The Hall–Kier alpha value is -1.32. The summed E-state index contributed by atoms with van der Waals surface area (Å²) in [5.74, 6) is -1.02. The van der Waals surface area contributed by atoms with Crippen LogP contribution in [0, 0.1) is 0 Å². The molecule has 2 aromatic rings. The fourth-order valence-electron chi connectivity index (χ4n) is 1.81. The summed E-state index contributed by atoms with van der Waals surface area (Å²) in [6.07, 6.45) is 0. The van der Waals surface area contributed by atoms with Gasteiger partial charge in [-0.2, -0.15) is 0 Å². The molecule has 0 aliphatic heterocycles. The van der Waals surface area contributed by atoms with E-state index in [4.69, 9.17) is 23.2 Å². The molecule has 0 fully saturated rings. The number of rotatable bonds is 1. The summed E-state index contributed by atoms with van der Waals surface area (Å²) in [4.78, 5) is 15.9. The molecule has 100 valence electrons. The number of aromatic carboxylic acids is 1. The van der Waals surface area contributed by atoms with E-state index in [0.717, 1.165) is 0 Å². The molecule has 0 bridgehead atoms. The minimum atomic E-state index is -1.02. The van der Waals surface area contributed by atoms with Gasteiger partial charge in [0.1, 0.15) is 0 Å². The molecular weight excluding hydrogens is 285 g/mol. The van der Waals surface area contributed by atoms with Gasteiger partial charge in [-0.15, -0.1) is 0 Å². The van der Waals surface area contributed by atoms with Crippen LogP contribution in [0.2, 0.25) is 10.0 Å². The van der Waals surface area contributed by atoms with E-state index in [0.29, 0.717) is 26.6 Å². The Morgan fingerprint density at radius 1 is 1.21 bits per heavy atom. The van der Waals surface area contributed by atoms with Gasteiger partial charge in [0.15, 0.2) is 0 Å². The number of hydrogen-bond donors (Lipinski definition) is 1. The second-order valence-corrected chi connectivity index (χ2v) is 6.24. The summed E-state index contributed by atoms with van der Waals surface area (Å²) in [5.41, 5.74) is 1.05. The first kappa shape index (κ1) is 14.1. The van der Waals surface area contributed by atoms with Gasteiger partial charge in [-0.3, -0.25) is 4.98 Å². The molecule has 0 spiro atoms. The lowest BCUT2D eigenvalue weighted by Gasteiger charge is -2.19. The molecule has 2 rings (SSSR count). The van der Waals surface area contributed by atoms with E-state index < -0.39 is 5.97 Å². The number of hydrogen-bond acceptors (Lipinski definition) is 2. The molecule has 19 heavy (non-hydrogen) atoms. The second-order valence-electron chi connectivity index (χ2n) is 5.39. The van der Waals surface area contributed by atoms with Crippen LogP contribution in [0.5, 0.6) is 0 Å². The average molecular weight is 298 g/mol. The Bertz CT molecular complexity index is 675. The van der Waals surface area contributed by atoms with Crippen molar-refractivity contribution in [3.05, 3.63) is 39.5 Å². The number of benzene rings is 1. The van der Waals surface area contributed by atoms with Crippen molar-refractivity contribution in [1.82, 2.24) is 4.98 Å². The first-order valence-corrected chi connectivity index (χ1v) is 6.49. The highest BCUT2D eigenvalue weighted by atomic mass is 35.5. The first-order valence-electron chi connectivity index (χ1n) is 5.73. The summed E-state index contributed by atoms with van der Waals surface area (Å²) in [6, 6.07) is 4.72. The maximum Gasteiger partial charge on any atom is 0.336 e. The van der Waals surface area contributed by atoms with Crippen molar-refractivity contribution >= 4 is 40.1 Å². The number of nitrogens with zero attached hydrogens (tertiary/aromatic N) is 1. The highest BCUT2D eigenvalue weighted by Crippen LogP contribution is 2.32. The number of carboxylic acids is 1. The van der Waals surface area contributed by atoms with E-state index in [1.807, 2.05) is 20.8 Å². The summed E-state index contributed by atoms with van der Waals surface area (Å²) in [6.45, 7) is 5.91. The van der Waals surface area contributed by atoms with Gasteiger partial charge in [0, 0.05) is 21.5 Å². The third-order valence-electron chi connectivity index (χ3n) is 2.83. The third-order valence-corrected chi connectivity index (χ3v) is 3.34. The number of pyridine rings is 1. The van der Waals surface area contributed by atoms with Crippen LogP contribution >= 0.6 is 23.2 Å². The molecule has 0 radical (unpaired) electrons. The van der Waals surface area contributed by atoms with Gasteiger partial charge >= 0.3 is 5.97 Å². The molecular formula is C14H13Cl2NO2. The SMILES string of the molecule is CC(C)(C)c1cc(C(=O)O)c2cc(Cl)cc(Cl)c2n1. The Morgan fingerprint density at radius 2 is 1.84 bits per heavy atom. The summed E-state index contributed by atoms with van der Waals surface area (Å²) in [7, 11) is 0. The van der Waals surface area contributed by atoms with E-state index in [-0.39, 0.29) is 11.0 Å². The Morgan fingerprint density at radius 3 is 2.37 bits per heavy atom. The number of carboxylic acid groups (broad SMARTS) is 1. The van der Waals surface area contributed by atoms with E-state index in [9.17, 15) is 9.90 Å². The summed E-state index contributed by atoms with van der Waals surface area (Å²) >= 11 is 12.0. The largest absolute Gasteiger partial charge is 0.478 e. The van der Waals surface area contributed by atoms with Gasteiger partial charge in [-0.05, 0) is 18.2 Å². The zero-order chi connectivity index (χ0) is 14.4. The zero-order valence-corrected chi connectivity index (χ0v) is 12.3. The van der Waals surface area contributed by atoms with Gasteiger partial charge in [0.05, 0.1) is 16.1 Å². The molecule has 0 atom stereocenters. The number of fused-ring (bicyclic) bond motifs is 1. The first-order chi connectivity index (χ1) is 8.70. The Labute approximate surface area is 121 Å². The van der Waals surface area contributed by atoms with Crippen LogP contribution in [0.1, 0.15) is 36.8 Å². The van der Waals surface area contributed by atoms with Crippen LogP contribution in [-0.2, 0) is 5.41 Å². The lowest BCUT2D eigenvalue weighted by atomic mass is 9.90. The maximum atomic E-state index is 11.4. The van der Waals surface area contributed by atoms with Crippen molar-refractivity contribution in [3.8, 4) is 0 Å². The zero-order valence-electron chi connectivity index (χ0n) is 10.8. The smallest absolute Gasteiger partial charge is 0.336 e. The molecule has 0 unspecified atom stereocenters. The molecule has 0 aliphatic rings. The van der Waals surface area contributed by atoms with Crippen LogP contribution < -0.4 is 0 Å². The van der Waals surface area contributed by atoms with Crippen molar-refractivity contribution in [1.29, 1.82) is 0 Å². The molecule has 3 nitrogen and oxygen atoms in total. The van der Waals surface area contributed by atoms with Gasteiger partial charge in [0.2, 0.25) is 0 Å². The monoisotopic (exact) mass is 297 g/mol. The van der Waals surface area contributed by atoms with Crippen LogP contribution in [0.25, 0.3) is 10.9 Å². The molecule has 0 saturated carbocycles. The van der Waals surface area contributed by atoms with Crippen LogP contribution in [-0.4, -0.2) is 16.1 Å². The van der Waals surface area contributed by atoms with Crippen LogP contribution in [0.15, 0.2) is 18.2 Å². The highest BCUT2D eigenvalue weighted by Gasteiger charge is 2.21. The van der Waals surface area contributed by atoms with Gasteiger partial charge in [0.25, 0.3) is 0 Å². The molecule has 1 N–H and O–H groups in total. The van der Waals surface area contributed by atoms with Crippen molar-refractivity contribution in [3.63, 3.8) is 0 Å². The predicted octanol–water partition coefficient (Wildman–Crippen LogP) is 4.54. The van der Waals surface area contributed by atoms with E-state index in [2.05, 4.69) is 4.98 Å². The number of aromatic nitrogens is 1. The normalized spacial score (nSPS) is 11.8. The van der Waals surface area contributed by atoms with Crippen LogP contribution in [0.4, 0.5) is 0 Å². The van der Waals surface area contributed by atoms with Crippen molar-refractivity contribution in [2.75, 3.05) is 0 Å². The quantitative estimate of drug-likeness (QED) is 0.841. The minimum Gasteiger partial charge on any atom is -0.478 e. The van der Waals surface area contributed by atoms with E-state index in [1.165, 1.54) is 0 Å². The predicted molar refractivity (Wildman–Crippen MR) is 77.4 cm³/mol. The van der Waals surface area contributed by atoms with E-state index in [1.54, 1.807) is 18.2 Å². The average Bonchev–Trinajstić information content (AvgIpc) is 2.25. The number of halogens is 2. The topological polar surface area (TPSA) is 50.2 Å². The Balaban J connectivity index is 2.92. The second kappa shape index (κ2) is 4.66. The van der Waals surface area contributed by atoms with Gasteiger partial charge in [-0.25, -0.2) is 4.79 Å². The minimum absolute atomic E-state index is 0.166. The molecule has 1 heterocycles. The summed E-state index contributed by atoms with van der Waals surface area (Å²) in [5, 5.41) is 10.5. The molecule has 0 amide bonds. The van der Waals surface area contributed by atoms with Gasteiger partial charge < -0.3 is 5.11 Å². The molecule has 0 saturated heterocycles. The standard InChI is InChI=1S/C14H13Cl2NO2/c1-14(2,3)11-6-9(13(18)19)8-4-7(15)5-10(16)12(8)17-11/h4-6H,1-3H3,(H,18,19). The fourth-order valence-corrected chi connectivity index (χ4v) is 2.35. The van der Waals surface area contributed by atoms with Crippen LogP contribution in [0.3, 0.4) is 0 Å². The molecule has 5 heteroatoms. The maximum absolute atomic E-state index is 11.4.